The van der Waals surface area contributed by atoms with Crippen molar-refractivity contribution < 1.29 is 5.11 Å². The van der Waals surface area contributed by atoms with Gasteiger partial charge in [-0.25, -0.2) is 4.98 Å². The van der Waals surface area contributed by atoms with Gasteiger partial charge >= 0.3 is 0 Å². The van der Waals surface area contributed by atoms with Crippen LogP contribution in [0, 0.1) is 13.8 Å². The Morgan fingerprint density at radius 3 is 2.58 bits per heavy atom. The minimum atomic E-state index is 0.186. The summed E-state index contributed by atoms with van der Waals surface area (Å²) in [6.07, 6.45) is 0.914. The number of nitrogens with one attached hydrogen (secondary N) is 1. The lowest BCUT2D eigenvalue weighted by molar-refractivity contribution is 0.293. The molecule has 3 nitrogen and oxygen atoms in total. The first-order valence-corrected chi connectivity index (χ1v) is 7.37. The summed E-state index contributed by atoms with van der Waals surface area (Å²) in [7, 11) is 0. The summed E-state index contributed by atoms with van der Waals surface area (Å²) in [5.41, 5.74) is 3.56. The van der Waals surface area contributed by atoms with Gasteiger partial charge in [0, 0.05) is 30.0 Å². The number of nitrogens with zero attached hydrogens (tertiary/aromatic N) is 1. The number of hydrogen-bond donors (Lipinski definition) is 2. The highest BCUT2D eigenvalue weighted by Crippen LogP contribution is 2.27. The van der Waals surface area contributed by atoms with Gasteiger partial charge in [0.05, 0.1) is 17.3 Å². The molecule has 0 amide bonds. The van der Waals surface area contributed by atoms with Gasteiger partial charge < -0.3 is 10.4 Å². The molecule has 2 N–H and O–H groups in total. The first-order valence-electron chi connectivity index (χ1n) is 6.55. The van der Waals surface area contributed by atoms with Gasteiger partial charge in [0.1, 0.15) is 0 Å². The Bertz CT molecular complexity index is 519. The number of aliphatic hydroxyl groups is 1. The number of aryl methyl sites for hydroxylation is 2. The van der Waals surface area contributed by atoms with Crippen molar-refractivity contribution in [2.75, 3.05) is 19.7 Å². The van der Waals surface area contributed by atoms with Crippen molar-refractivity contribution in [2.24, 2.45) is 0 Å². The molecule has 0 radical (unpaired) electrons. The molecule has 0 fully saturated rings. The third kappa shape index (κ3) is 3.86. The maximum atomic E-state index is 8.71. The molecule has 0 aliphatic heterocycles. The second-order valence-corrected chi connectivity index (χ2v) is 5.89. The topological polar surface area (TPSA) is 45.2 Å². The van der Waals surface area contributed by atoms with Gasteiger partial charge in [-0.1, -0.05) is 29.8 Å². The van der Waals surface area contributed by atoms with Crippen LogP contribution in [0.3, 0.4) is 0 Å². The minimum absolute atomic E-state index is 0.186. The number of hydrogen-bond acceptors (Lipinski definition) is 4. The standard InChI is InChI=1S/C15H20N2OS/c1-11-3-5-13(6-4-11)15-12(2)19-14(17-15)7-8-16-9-10-18/h3-6,16,18H,7-10H2,1-2H3. The SMILES string of the molecule is Cc1ccc(-c2nc(CCNCCO)sc2C)cc1. The van der Waals surface area contributed by atoms with Gasteiger partial charge in [-0.3, -0.25) is 0 Å². The lowest BCUT2D eigenvalue weighted by atomic mass is 10.1. The molecule has 0 saturated carbocycles. The van der Waals surface area contributed by atoms with Gasteiger partial charge in [-0.05, 0) is 13.8 Å². The fourth-order valence-electron chi connectivity index (χ4n) is 1.94. The fraction of sp³-hybridized carbons (Fsp3) is 0.400. The highest BCUT2D eigenvalue weighted by Gasteiger charge is 2.09. The average Bonchev–Trinajstić information content (AvgIpc) is 2.77. The van der Waals surface area contributed by atoms with E-state index < -0.39 is 0 Å². The number of benzene rings is 1. The van der Waals surface area contributed by atoms with Crippen molar-refractivity contribution in [2.45, 2.75) is 20.3 Å². The summed E-state index contributed by atoms with van der Waals surface area (Å²) < 4.78 is 0. The Labute approximate surface area is 118 Å². The lowest BCUT2D eigenvalue weighted by Gasteiger charge is -2.00. The largest absolute Gasteiger partial charge is 0.395 e. The summed E-state index contributed by atoms with van der Waals surface area (Å²) in [5.74, 6) is 0. The van der Waals surface area contributed by atoms with Crippen LogP contribution < -0.4 is 5.32 Å². The van der Waals surface area contributed by atoms with E-state index in [2.05, 4.69) is 43.4 Å². The van der Waals surface area contributed by atoms with Crippen molar-refractivity contribution >= 4 is 11.3 Å². The van der Waals surface area contributed by atoms with Gasteiger partial charge in [0.25, 0.3) is 0 Å². The maximum Gasteiger partial charge on any atom is 0.0948 e. The normalized spacial score (nSPS) is 10.9. The van der Waals surface area contributed by atoms with E-state index in [1.807, 2.05) is 0 Å². The van der Waals surface area contributed by atoms with Gasteiger partial charge in [-0.2, -0.15) is 0 Å². The Morgan fingerprint density at radius 2 is 1.89 bits per heavy atom. The van der Waals surface area contributed by atoms with Gasteiger partial charge in [0.15, 0.2) is 0 Å². The molecule has 0 aliphatic carbocycles. The Hall–Kier alpha value is -1.23. The molecule has 0 unspecified atom stereocenters. The minimum Gasteiger partial charge on any atom is -0.395 e. The van der Waals surface area contributed by atoms with E-state index in [1.54, 1.807) is 11.3 Å². The molecule has 19 heavy (non-hydrogen) atoms. The lowest BCUT2D eigenvalue weighted by Crippen LogP contribution is -2.20. The second-order valence-electron chi connectivity index (χ2n) is 4.60. The third-order valence-corrected chi connectivity index (χ3v) is 4.00. The first kappa shape index (κ1) is 14.2. The van der Waals surface area contributed by atoms with E-state index in [0.717, 1.165) is 23.7 Å². The fourth-order valence-corrected chi connectivity index (χ4v) is 2.89. The molecule has 102 valence electrons. The number of aliphatic hydroxyl groups excluding tert-OH is 1. The van der Waals surface area contributed by atoms with E-state index >= 15 is 0 Å². The van der Waals surface area contributed by atoms with E-state index in [4.69, 9.17) is 10.1 Å². The van der Waals surface area contributed by atoms with Crippen LogP contribution in [0.25, 0.3) is 11.3 Å². The number of aromatic nitrogens is 1. The highest BCUT2D eigenvalue weighted by atomic mass is 32.1. The average molecular weight is 276 g/mol. The van der Waals surface area contributed by atoms with Crippen LogP contribution >= 0.6 is 11.3 Å². The summed E-state index contributed by atoms with van der Waals surface area (Å²) in [6.45, 7) is 5.91. The van der Waals surface area contributed by atoms with E-state index in [1.165, 1.54) is 16.0 Å². The zero-order valence-electron chi connectivity index (χ0n) is 11.4. The zero-order chi connectivity index (χ0) is 13.7. The van der Waals surface area contributed by atoms with E-state index in [-0.39, 0.29) is 6.61 Å². The molecule has 4 heteroatoms. The van der Waals surface area contributed by atoms with Crippen molar-refractivity contribution in [1.82, 2.24) is 10.3 Å². The van der Waals surface area contributed by atoms with Crippen molar-refractivity contribution in [1.29, 1.82) is 0 Å². The molecule has 0 spiro atoms. The molecule has 0 bridgehead atoms. The predicted molar refractivity (Wildman–Crippen MR) is 80.7 cm³/mol. The quantitative estimate of drug-likeness (QED) is 0.797. The molecule has 2 rings (SSSR count). The molecular formula is C15H20N2OS. The van der Waals surface area contributed by atoms with Crippen molar-refractivity contribution in [3.63, 3.8) is 0 Å². The van der Waals surface area contributed by atoms with Crippen LogP contribution in [-0.2, 0) is 6.42 Å². The van der Waals surface area contributed by atoms with Crippen LogP contribution in [0.2, 0.25) is 0 Å². The summed E-state index contributed by atoms with van der Waals surface area (Å²) >= 11 is 1.76. The molecule has 1 heterocycles. The molecular weight excluding hydrogens is 256 g/mol. The molecule has 0 saturated heterocycles. The number of thiazole rings is 1. The molecule has 0 aliphatic rings. The van der Waals surface area contributed by atoms with Crippen LogP contribution in [0.4, 0.5) is 0 Å². The molecule has 1 aromatic heterocycles. The monoisotopic (exact) mass is 276 g/mol. The summed E-state index contributed by atoms with van der Waals surface area (Å²) in [5, 5.41) is 13.0. The number of rotatable bonds is 6. The zero-order valence-corrected chi connectivity index (χ0v) is 12.3. The molecule has 1 aromatic carbocycles. The van der Waals surface area contributed by atoms with Gasteiger partial charge in [-0.15, -0.1) is 11.3 Å². The van der Waals surface area contributed by atoms with Crippen molar-refractivity contribution in [3.05, 3.63) is 39.7 Å². The highest BCUT2D eigenvalue weighted by molar-refractivity contribution is 7.12. The van der Waals surface area contributed by atoms with Crippen LogP contribution in [-0.4, -0.2) is 29.8 Å². The van der Waals surface area contributed by atoms with Crippen LogP contribution in [0.5, 0.6) is 0 Å². The van der Waals surface area contributed by atoms with Crippen LogP contribution in [0.1, 0.15) is 15.4 Å². The van der Waals surface area contributed by atoms with E-state index in [0.29, 0.717) is 6.54 Å². The Kier molecular flexibility index (Phi) is 5.07. The molecule has 2 aromatic rings. The van der Waals surface area contributed by atoms with E-state index in [9.17, 15) is 0 Å². The van der Waals surface area contributed by atoms with Crippen molar-refractivity contribution in [3.8, 4) is 11.3 Å². The Balaban J connectivity index is 2.06. The van der Waals surface area contributed by atoms with Gasteiger partial charge in [0.2, 0.25) is 0 Å². The third-order valence-electron chi connectivity index (χ3n) is 2.97. The summed E-state index contributed by atoms with van der Waals surface area (Å²) in [4.78, 5) is 5.99. The predicted octanol–water partition coefficient (Wildman–Crippen LogP) is 2.55. The van der Waals surface area contributed by atoms with Crippen LogP contribution in [0.15, 0.2) is 24.3 Å². The Morgan fingerprint density at radius 1 is 1.16 bits per heavy atom. The first-order chi connectivity index (χ1) is 9.20. The molecule has 0 atom stereocenters. The summed E-state index contributed by atoms with van der Waals surface area (Å²) in [6, 6.07) is 8.50. The second kappa shape index (κ2) is 6.80. The maximum absolute atomic E-state index is 8.71. The smallest absolute Gasteiger partial charge is 0.0948 e.